The first-order valence-corrected chi connectivity index (χ1v) is 6.44. The van der Waals surface area contributed by atoms with E-state index in [2.05, 4.69) is 5.32 Å². The van der Waals surface area contributed by atoms with Gasteiger partial charge in [0.1, 0.15) is 11.6 Å². The summed E-state index contributed by atoms with van der Waals surface area (Å²) < 4.78 is 31.6. The Morgan fingerprint density at radius 3 is 2.39 bits per heavy atom. The zero-order valence-electron chi connectivity index (χ0n) is 11.0. The number of benzene rings is 1. The van der Waals surface area contributed by atoms with Crippen LogP contribution in [-0.4, -0.2) is 19.8 Å². The molecular weight excluding hydrogens is 236 g/mol. The third kappa shape index (κ3) is 5.10. The largest absolute Gasteiger partial charge is 0.382 e. The van der Waals surface area contributed by atoms with Crippen molar-refractivity contribution >= 4 is 0 Å². The van der Waals surface area contributed by atoms with Gasteiger partial charge in [0.15, 0.2) is 0 Å². The van der Waals surface area contributed by atoms with Gasteiger partial charge in [-0.15, -0.1) is 0 Å². The molecule has 1 atom stereocenters. The van der Waals surface area contributed by atoms with Crippen molar-refractivity contribution in [3.05, 3.63) is 35.4 Å². The molecule has 0 spiro atoms. The Labute approximate surface area is 107 Å². The molecule has 0 aliphatic heterocycles. The lowest BCUT2D eigenvalue weighted by molar-refractivity contribution is 0.141. The fraction of sp³-hybridized carbons (Fsp3) is 0.571. The van der Waals surface area contributed by atoms with Gasteiger partial charge in [0.2, 0.25) is 0 Å². The predicted octanol–water partition coefficient (Wildman–Crippen LogP) is 3.43. The van der Waals surface area contributed by atoms with Crippen LogP contribution in [0.3, 0.4) is 0 Å². The molecule has 0 radical (unpaired) electrons. The monoisotopic (exact) mass is 257 g/mol. The Morgan fingerprint density at radius 2 is 1.83 bits per heavy atom. The Kier molecular flexibility index (Phi) is 6.83. The van der Waals surface area contributed by atoms with Crippen molar-refractivity contribution in [1.29, 1.82) is 0 Å². The molecule has 0 aliphatic carbocycles. The smallest absolute Gasteiger partial charge is 0.126 e. The minimum absolute atomic E-state index is 0.0272. The standard InChI is InChI=1S/C14H21F2NO/c1-3-17-14(6-5-7-18-4-2)11-8-12(15)10-13(16)9-11/h8-10,14,17H,3-7H2,1-2H3. The summed E-state index contributed by atoms with van der Waals surface area (Å²) in [4.78, 5) is 0. The molecule has 18 heavy (non-hydrogen) atoms. The van der Waals surface area contributed by atoms with Crippen LogP contribution in [0.25, 0.3) is 0 Å². The highest BCUT2D eigenvalue weighted by atomic mass is 19.1. The van der Waals surface area contributed by atoms with Crippen LogP contribution >= 0.6 is 0 Å². The lowest BCUT2D eigenvalue weighted by Crippen LogP contribution is -2.21. The molecule has 4 heteroatoms. The topological polar surface area (TPSA) is 21.3 Å². The Balaban J connectivity index is 2.64. The molecule has 0 heterocycles. The van der Waals surface area contributed by atoms with Crippen LogP contribution in [0.1, 0.15) is 38.3 Å². The highest BCUT2D eigenvalue weighted by molar-refractivity contribution is 5.21. The summed E-state index contributed by atoms with van der Waals surface area (Å²) in [5.41, 5.74) is 0.658. The zero-order chi connectivity index (χ0) is 13.4. The van der Waals surface area contributed by atoms with E-state index in [1.165, 1.54) is 12.1 Å². The second-order valence-corrected chi connectivity index (χ2v) is 4.15. The first-order chi connectivity index (χ1) is 8.67. The highest BCUT2D eigenvalue weighted by Crippen LogP contribution is 2.20. The summed E-state index contributed by atoms with van der Waals surface area (Å²) >= 11 is 0. The van der Waals surface area contributed by atoms with Gasteiger partial charge in [0.25, 0.3) is 0 Å². The maximum atomic E-state index is 13.2. The molecule has 1 aromatic carbocycles. The molecule has 0 amide bonds. The van der Waals surface area contributed by atoms with Crippen molar-refractivity contribution in [2.24, 2.45) is 0 Å². The number of rotatable bonds is 8. The number of hydrogen-bond acceptors (Lipinski definition) is 2. The maximum absolute atomic E-state index is 13.2. The van der Waals surface area contributed by atoms with Gasteiger partial charge in [0.05, 0.1) is 0 Å². The van der Waals surface area contributed by atoms with Crippen LogP contribution in [0.4, 0.5) is 8.78 Å². The van der Waals surface area contributed by atoms with Gasteiger partial charge in [-0.05, 0) is 44.0 Å². The third-order valence-corrected chi connectivity index (χ3v) is 2.72. The fourth-order valence-electron chi connectivity index (χ4n) is 1.94. The third-order valence-electron chi connectivity index (χ3n) is 2.72. The predicted molar refractivity (Wildman–Crippen MR) is 68.5 cm³/mol. The van der Waals surface area contributed by atoms with Crippen LogP contribution in [0.2, 0.25) is 0 Å². The molecule has 0 saturated carbocycles. The van der Waals surface area contributed by atoms with E-state index in [0.29, 0.717) is 18.8 Å². The number of hydrogen-bond donors (Lipinski definition) is 1. The van der Waals surface area contributed by atoms with Crippen molar-refractivity contribution < 1.29 is 13.5 Å². The second kappa shape index (κ2) is 8.16. The van der Waals surface area contributed by atoms with E-state index in [4.69, 9.17) is 4.74 Å². The van der Waals surface area contributed by atoms with Crippen LogP contribution in [0.15, 0.2) is 18.2 Å². The Morgan fingerprint density at radius 1 is 1.17 bits per heavy atom. The SMILES string of the molecule is CCNC(CCCOCC)c1cc(F)cc(F)c1. The fourth-order valence-corrected chi connectivity index (χ4v) is 1.94. The second-order valence-electron chi connectivity index (χ2n) is 4.15. The maximum Gasteiger partial charge on any atom is 0.126 e. The van der Waals surface area contributed by atoms with Gasteiger partial charge < -0.3 is 10.1 Å². The summed E-state index contributed by atoms with van der Waals surface area (Å²) in [6, 6.07) is 3.64. The molecule has 2 nitrogen and oxygen atoms in total. The minimum Gasteiger partial charge on any atom is -0.382 e. The van der Waals surface area contributed by atoms with E-state index in [-0.39, 0.29) is 6.04 Å². The van der Waals surface area contributed by atoms with E-state index in [0.717, 1.165) is 25.5 Å². The van der Waals surface area contributed by atoms with Crippen LogP contribution in [0, 0.1) is 11.6 Å². The van der Waals surface area contributed by atoms with Gasteiger partial charge in [-0.1, -0.05) is 6.92 Å². The number of nitrogens with one attached hydrogen (secondary N) is 1. The van der Waals surface area contributed by atoms with E-state index >= 15 is 0 Å². The summed E-state index contributed by atoms with van der Waals surface area (Å²) in [5, 5.41) is 3.24. The first kappa shape index (κ1) is 15.1. The summed E-state index contributed by atoms with van der Waals surface area (Å²) in [7, 11) is 0. The summed E-state index contributed by atoms with van der Waals surface area (Å²) in [6.07, 6.45) is 1.67. The minimum atomic E-state index is -0.530. The van der Waals surface area contributed by atoms with Crippen molar-refractivity contribution in [3.8, 4) is 0 Å². The molecule has 102 valence electrons. The average Bonchev–Trinajstić information content (AvgIpc) is 2.32. The van der Waals surface area contributed by atoms with Crippen molar-refractivity contribution in [2.45, 2.75) is 32.7 Å². The molecule has 0 aromatic heterocycles. The first-order valence-electron chi connectivity index (χ1n) is 6.44. The van der Waals surface area contributed by atoms with Gasteiger partial charge in [-0.25, -0.2) is 8.78 Å². The van der Waals surface area contributed by atoms with Gasteiger partial charge >= 0.3 is 0 Å². The van der Waals surface area contributed by atoms with Gasteiger partial charge in [-0.3, -0.25) is 0 Å². The Hall–Kier alpha value is -1.00. The van der Waals surface area contributed by atoms with Crippen LogP contribution in [0.5, 0.6) is 0 Å². The molecule has 0 fully saturated rings. The van der Waals surface area contributed by atoms with Gasteiger partial charge in [0, 0.05) is 25.3 Å². The normalized spacial score (nSPS) is 12.7. The van der Waals surface area contributed by atoms with Crippen molar-refractivity contribution in [3.63, 3.8) is 0 Å². The van der Waals surface area contributed by atoms with Crippen LogP contribution < -0.4 is 5.32 Å². The van der Waals surface area contributed by atoms with E-state index in [9.17, 15) is 8.78 Å². The number of ether oxygens (including phenoxy) is 1. The molecule has 0 aliphatic rings. The van der Waals surface area contributed by atoms with Crippen LogP contribution in [-0.2, 0) is 4.74 Å². The summed E-state index contributed by atoms with van der Waals surface area (Å²) in [6.45, 7) is 6.06. The van der Waals surface area contributed by atoms with E-state index in [1.54, 1.807) is 0 Å². The molecule has 0 bridgehead atoms. The molecule has 1 N–H and O–H groups in total. The lowest BCUT2D eigenvalue weighted by Gasteiger charge is -2.18. The molecule has 1 unspecified atom stereocenters. The summed E-state index contributed by atoms with van der Waals surface area (Å²) in [5.74, 6) is -1.06. The van der Waals surface area contributed by atoms with E-state index < -0.39 is 11.6 Å². The van der Waals surface area contributed by atoms with E-state index in [1.807, 2.05) is 13.8 Å². The number of halogens is 2. The Bertz CT molecular complexity index is 337. The molecular formula is C14H21F2NO. The zero-order valence-corrected chi connectivity index (χ0v) is 11.0. The van der Waals surface area contributed by atoms with Gasteiger partial charge in [-0.2, -0.15) is 0 Å². The molecule has 0 saturated heterocycles. The highest BCUT2D eigenvalue weighted by Gasteiger charge is 2.12. The van der Waals surface area contributed by atoms with Crippen molar-refractivity contribution in [2.75, 3.05) is 19.8 Å². The quantitative estimate of drug-likeness (QED) is 0.720. The van der Waals surface area contributed by atoms with Crippen molar-refractivity contribution in [1.82, 2.24) is 5.32 Å². The molecule has 1 rings (SSSR count). The lowest BCUT2D eigenvalue weighted by atomic mass is 10.0. The molecule has 1 aromatic rings. The average molecular weight is 257 g/mol.